The third-order valence-corrected chi connectivity index (χ3v) is 6.02. The second-order valence-electron chi connectivity index (χ2n) is 7.08. The molecule has 3 aromatic heterocycles. The van der Waals surface area contributed by atoms with Gasteiger partial charge in [0.05, 0.1) is 11.6 Å². The first-order valence-electron chi connectivity index (χ1n) is 9.12. The third kappa shape index (κ3) is 3.37. The molecule has 1 aliphatic carbocycles. The SMILES string of the molecule is CC(C)[C@@H](Nc1nc(-c2cnccn2)nc2sc3c(c12)CCCC3)C(=O)O. The minimum Gasteiger partial charge on any atom is -0.480 e. The van der Waals surface area contributed by atoms with Crippen molar-refractivity contribution in [1.82, 2.24) is 19.9 Å². The van der Waals surface area contributed by atoms with E-state index < -0.39 is 12.0 Å². The molecule has 0 aromatic carbocycles. The standard InChI is InChI=1S/C19H21N5O2S/c1-10(2)15(19(25)26)22-17-14-11-5-3-4-6-13(11)27-18(14)24-16(23-17)12-9-20-7-8-21-12/h7-10,15H,3-6H2,1-2H3,(H,25,26)(H,22,23,24)/t15-/m1/s1. The lowest BCUT2D eigenvalue weighted by molar-refractivity contribution is -0.138. The number of aliphatic carboxylic acids is 1. The van der Waals surface area contributed by atoms with E-state index in [1.54, 1.807) is 29.9 Å². The van der Waals surface area contributed by atoms with E-state index in [0.717, 1.165) is 29.5 Å². The maximum Gasteiger partial charge on any atom is 0.326 e. The largest absolute Gasteiger partial charge is 0.480 e. The number of carboxylic acid groups (broad SMARTS) is 1. The zero-order valence-corrected chi connectivity index (χ0v) is 16.1. The Kier molecular flexibility index (Phi) is 4.73. The number of nitrogens with zero attached hydrogens (tertiary/aromatic N) is 4. The molecule has 0 spiro atoms. The number of hydrogen-bond donors (Lipinski definition) is 2. The number of hydrogen-bond acceptors (Lipinski definition) is 7. The first-order valence-corrected chi connectivity index (χ1v) is 9.94. The molecule has 1 aliphatic rings. The van der Waals surface area contributed by atoms with Crippen LogP contribution in [0.5, 0.6) is 0 Å². The lowest BCUT2D eigenvalue weighted by atomic mass is 9.96. The van der Waals surface area contributed by atoms with Crippen LogP contribution in [0.3, 0.4) is 0 Å². The molecule has 0 fully saturated rings. The molecule has 0 bridgehead atoms. The minimum absolute atomic E-state index is 0.0815. The van der Waals surface area contributed by atoms with Crippen LogP contribution in [0.4, 0.5) is 5.82 Å². The van der Waals surface area contributed by atoms with Gasteiger partial charge >= 0.3 is 5.97 Å². The van der Waals surface area contributed by atoms with Gasteiger partial charge in [0.25, 0.3) is 0 Å². The lowest BCUT2D eigenvalue weighted by Gasteiger charge is -2.20. The van der Waals surface area contributed by atoms with Crippen LogP contribution < -0.4 is 5.32 Å². The predicted molar refractivity (Wildman–Crippen MR) is 105 cm³/mol. The Hall–Kier alpha value is -2.61. The van der Waals surface area contributed by atoms with Gasteiger partial charge in [-0.3, -0.25) is 4.98 Å². The summed E-state index contributed by atoms with van der Waals surface area (Å²) in [4.78, 5) is 31.8. The third-order valence-electron chi connectivity index (χ3n) is 4.83. The molecule has 27 heavy (non-hydrogen) atoms. The molecule has 4 rings (SSSR count). The van der Waals surface area contributed by atoms with Gasteiger partial charge in [-0.15, -0.1) is 11.3 Å². The van der Waals surface area contributed by atoms with Crippen molar-refractivity contribution in [3.63, 3.8) is 0 Å². The van der Waals surface area contributed by atoms with Crippen molar-refractivity contribution in [3.05, 3.63) is 29.0 Å². The van der Waals surface area contributed by atoms with E-state index in [2.05, 4.69) is 20.3 Å². The average molecular weight is 383 g/mol. The van der Waals surface area contributed by atoms with E-state index in [0.29, 0.717) is 17.3 Å². The second-order valence-corrected chi connectivity index (χ2v) is 8.17. The fraction of sp³-hybridized carbons (Fsp3) is 0.421. The molecule has 140 valence electrons. The summed E-state index contributed by atoms with van der Waals surface area (Å²) >= 11 is 1.68. The molecular formula is C19H21N5O2S. The summed E-state index contributed by atoms with van der Waals surface area (Å²) in [7, 11) is 0. The maximum absolute atomic E-state index is 11.7. The molecule has 2 N–H and O–H groups in total. The summed E-state index contributed by atoms with van der Waals surface area (Å²) in [6.07, 6.45) is 9.16. The van der Waals surface area contributed by atoms with Crippen molar-refractivity contribution in [1.29, 1.82) is 0 Å². The van der Waals surface area contributed by atoms with Crippen LogP contribution in [0, 0.1) is 5.92 Å². The highest BCUT2D eigenvalue weighted by Crippen LogP contribution is 2.39. The summed E-state index contributed by atoms with van der Waals surface area (Å²) < 4.78 is 0. The average Bonchev–Trinajstić information content (AvgIpc) is 3.04. The van der Waals surface area contributed by atoms with Crippen LogP contribution in [0.25, 0.3) is 21.7 Å². The number of nitrogens with one attached hydrogen (secondary N) is 1. The fourth-order valence-electron chi connectivity index (χ4n) is 3.45. The zero-order chi connectivity index (χ0) is 19.0. The molecule has 0 unspecified atom stereocenters. The number of anilines is 1. The molecule has 0 saturated heterocycles. The second kappa shape index (κ2) is 7.19. The Morgan fingerprint density at radius 1 is 1.22 bits per heavy atom. The van der Waals surface area contributed by atoms with Crippen molar-refractivity contribution >= 4 is 33.3 Å². The summed E-state index contributed by atoms with van der Waals surface area (Å²) in [5.74, 6) is 0.0783. The van der Waals surface area contributed by atoms with Crippen LogP contribution in [0.15, 0.2) is 18.6 Å². The zero-order valence-electron chi connectivity index (χ0n) is 15.3. The van der Waals surface area contributed by atoms with Crippen molar-refractivity contribution < 1.29 is 9.90 Å². The molecule has 7 nitrogen and oxygen atoms in total. The van der Waals surface area contributed by atoms with Crippen LogP contribution in [-0.4, -0.2) is 37.1 Å². The van der Waals surface area contributed by atoms with Crippen molar-refractivity contribution in [2.45, 2.75) is 45.6 Å². The Bertz CT molecular complexity index is 987. The van der Waals surface area contributed by atoms with Crippen molar-refractivity contribution in [3.8, 4) is 11.5 Å². The Morgan fingerprint density at radius 2 is 2.04 bits per heavy atom. The van der Waals surface area contributed by atoms with Crippen molar-refractivity contribution in [2.24, 2.45) is 5.92 Å². The van der Waals surface area contributed by atoms with Gasteiger partial charge in [0.1, 0.15) is 22.4 Å². The first-order chi connectivity index (χ1) is 13.0. The Balaban J connectivity index is 1.90. The van der Waals surface area contributed by atoms with Gasteiger partial charge in [-0.2, -0.15) is 0 Å². The van der Waals surface area contributed by atoms with E-state index >= 15 is 0 Å². The maximum atomic E-state index is 11.7. The molecule has 3 aromatic rings. The Labute approximate surface area is 160 Å². The molecule has 0 radical (unpaired) electrons. The lowest BCUT2D eigenvalue weighted by Crippen LogP contribution is -2.34. The smallest absolute Gasteiger partial charge is 0.326 e. The van der Waals surface area contributed by atoms with E-state index in [1.165, 1.54) is 16.9 Å². The number of rotatable bonds is 5. The van der Waals surface area contributed by atoms with Crippen LogP contribution in [-0.2, 0) is 17.6 Å². The molecule has 3 heterocycles. The highest BCUT2D eigenvalue weighted by Gasteiger charge is 2.26. The van der Waals surface area contributed by atoms with Gasteiger partial charge in [0, 0.05) is 17.3 Å². The van der Waals surface area contributed by atoms with E-state index in [4.69, 9.17) is 4.98 Å². The molecule has 0 saturated carbocycles. The van der Waals surface area contributed by atoms with E-state index in [-0.39, 0.29) is 5.92 Å². The fourth-order valence-corrected chi connectivity index (χ4v) is 4.71. The van der Waals surface area contributed by atoms with Gasteiger partial charge in [0.2, 0.25) is 0 Å². The van der Waals surface area contributed by atoms with Crippen LogP contribution in [0.2, 0.25) is 0 Å². The molecule has 0 aliphatic heterocycles. The highest BCUT2D eigenvalue weighted by molar-refractivity contribution is 7.19. The molecule has 1 atom stereocenters. The normalized spacial score (nSPS) is 14.9. The number of aryl methyl sites for hydroxylation is 2. The summed E-state index contributed by atoms with van der Waals surface area (Å²) in [6, 6.07) is -0.725. The topological polar surface area (TPSA) is 101 Å². The number of thiophene rings is 1. The van der Waals surface area contributed by atoms with Gasteiger partial charge < -0.3 is 10.4 Å². The van der Waals surface area contributed by atoms with E-state index in [9.17, 15) is 9.90 Å². The Morgan fingerprint density at radius 3 is 2.74 bits per heavy atom. The van der Waals surface area contributed by atoms with Gasteiger partial charge in [0.15, 0.2) is 5.82 Å². The van der Waals surface area contributed by atoms with Crippen LogP contribution in [0.1, 0.15) is 37.1 Å². The number of fused-ring (bicyclic) bond motifs is 3. The summed E-state index contributed by atoms with van der Waals surface area (Å²) in [5, 5.41) is 13.8. The predicted octanol–water partition coefficient (Wildman–Crippen LogP) is 3.55. The van der Waals surface area contributed by atoms with Crippen LogP contribution >= 0.6 is 11.3 Å². The first kappa shape index (κ1) is 17.8. The van der Waals surface area contributed by atoms with Crippen molar-refractivity contribution in [2.75, 3.05) is 5.32 Å². The number of carboxylic acids is 1. The highest BCUT2D eigenvalue weighted by atomic mass is 32.1. The van der Waals surface area contributed by atoms with Gasteiger partial charge in [-0.1, -0.05) is 13.8 Å². The molecular weight excluding hydrogens is 362 g/mol. The minimum atomic E-state index is -0.887. The summed E-state index contributed by atoms with van der Waals surface area (Å²) in [5.41, 5.74) is 1.84. The van der Waals surface area contributed by atoms with Gasteiger partial charge in [-0.25, -0.2) is 19.7 Å². The summed E-state index contributed by atoms with van der Waals surface area (Å²) in [6.45, 7) is 3.77. The number of carbonyl (C=O) groups is 1. The molecule has 0 amide bonds. The number of aromatic nitrogens is 4. The van der Waals surface area contributed by atoms with E-state index in [1.807, 2.05) is 13.8 Å². The monoisotopic (exact) mass is 383 g/mol. The van der Waals surface area contributed by atoms with Gasteiger partial charge in [-0.05, 0) is 37.2 Å². The quantitative estimate of drug-likeness (QED) is 0.695. The molecule has 8 heteroatoms.